The highest BCUT2D eigenvalue weighted by molar-refractivity contribution is 6.15. The Bertz CT molecular complexity index is 3960. The number of aromatic nitrogens is 6. The van der Waals surface area contributed by atoms with Gasteiger partial charge in [0.05, 0.1) is 28.0 Å². The minimum Gasteiger partial charge on any atom is -0.478 e. The lowest BCUT2D eigenvalue weighted by molar-refractivity contribution is 0.0697. The van der Waals surface area contributed by atoms with Gasteiger partial charge in [0, 0.05) is 72.0 Å². The van der Waals surface area contributed by atoms with E-state index >= 15 is 0 Å². The molecule has 3 N–H and O–H groups in total. The van der Waals surface area contributed by atoms with Crippen LogP contribution in [-0.2, 0) is 0 Å². The molecule has 2 aliphatic rings. The molecule has 0 atom stereocenters. The van der Waals surface area contributed by atoms with Crippen molar-refractivity contribution < 1.29 is 9.90 Å². The molecule has 0 aliphatic carbocycles. The number of aromatic carboxylic acids is 1. The van der Waals surface area contributed by atoms with Crippen LogP contribution in [0.15, 0.2) is 206 Å². The van der Waals surface area contributed by atoms with E-state index in [2.05, 4.69) is 142 Å². The molecule has 0 saturated heterocycles. The summed E-state index contributed by atoms with van der Waals surface area (Å²) in [5.74, 6) is 0.126. The van der Waals surface area contributed by atoms with Gasteiger partial charge in [0.2, 0.25) is 0 Å². The molecule has 9 heteroatoms. The Morgan fingerprint density at radius 1 is 0.382 bits per heavy atom. The van der Waals surface area contributed by atoms with Gasteiger partial charge in [-0.1, -0.05) is 158 Å². The van der Waals surface area contributed by atoms with Crippen molar-refractivity contribution in [3.8, 4) is 67.5 Å². The fraction of sp³-hybridized carbons (Fsp3) is 0. The minimum atomic E-state index is -0.995. The Balaban J connectivity index is 1.17. The molecule has 8 bridgehead atoms. The lowest BCUT2D eigenvalue weighted by Crippen LogP contribution is -2.09. The topological polar surface area (TPSA) is 124 Å². The third-order valence-electron chi connectivity index (χ3n) is 12.9. The first kappa shape index (κ1) is 38.9. The third kappa shape index (κ3) is 6.29. The van der Waals surface area contributed by atoms with Crippen LogP contribution in [0.25, 0.3) is 111 Å². The summed E-state index contributed by atoms with van der Waals surface area (Å²) < 4.78 is 0. The van der Waals surface area contributed by atoms with Crippen LogP contribution in [0.5, 0.6) is 0 Å². The number of hydrogen-bond acceptors (Lipinski definition) is 6. The van der Waals surface area contributed by atoms with Gasteiger partial charge in [-0.25, -0.2) is 24.7 Å². The van der Waals surface area contributed by atoms with Crippen LogP contribution in [0, 0.1) is 0 Å². The van der Waals surface area contributed by atoms with Gasteiger partial charge < -0.3 is 20.0 Å². The number of carboxylic acids is 1. The molecule has 0 saturated carbocycles. The summed E-state index contributed by atoms with van der Waals surface area (Å²) >= 11 is 0. The second-order valence-corrected chi connectivity index (χ2v) is 16.9. The number of carbonyl (C=O) groups is 1. The number of H-pyrrole nitrogens is 2. The van der Waals surface area contributed by atoms with Crippen LogP contribution in [0.1, 0.15) is 10.4 Å². The van der Waals surface area contributed by atoms with Crippen molar-refractivity contribution >= 4 is 66.9 Å². The molecule has 68 heavy (non-hydrogen) atoms. The van der Waals surface area contributed by atoms with Gasteiger partial charge in [-0.05, 0) is 59.7 Å². The number of para-hydroxylation sites is 2. The van der Waals surface area contributed by atoms with Gasteiger partial charge in [0.15, 0.2) is 11.6 Å². The van der Waals surface area contributed by atoms with E-state index in [1.807, 2.05) is 66.7 Å². The van der Waals surface area contributed by atoms with Gasteiger partial charge in [0.25, 0.3) is 0 Å². The molecule has 0 amide bonds. The maximum atomic E-state index is 12.1. The Kier molecular flexibility index (Phi) is 8.94. The number of anilines is 3. The summed E-state index contributed by atoms with van der Waals surface area (Å²) in [7, 11) is 0. The van der Waals surface area contributed by atoms with E-state index in [-0.39, 0.29) is 5.56 Å². The first-order valence-electron chi connectivity index (χ1n) is 22.4. The molecule has 5 heterocycles. The number of nitrogens with zero attached hydrogens (tertiary/aromatic N) is 5. The zero-order chi connectivity index (χ0) is 45.3. The smallest absolute Gasteiger partial charge is 0.335 e. The molecule has 2 aliphatic heterocycles. The fourth-order valence-electron chi connectivity index (χ4n) is 9.83. The van der Waals surface area contributed by atoms with Crippen LogP contribution in [-0.4, -0.2) is 41.0 Å². The van der Waals surface area contributed by atoms with E-state index in [1.165, 1.54) is 0 Å². The normalized spacial score (nSPS) is 11.6. The van der Waals surface area contributed by atoms with Crippen molar-refractivity contribution in [1.82, 2.24) is 29.9 Å². The average molecular weight is 876 g/mol. The van der Waals surface area contributed by atoms with E-state index in [0.717, 1.165) is 99.8 Å². The van der Waals surface area contributed by atoms with Crippen LogP contribution in [0.4, 0.5) is 17.1 Å². The van der Waals surface area contributed by atoms with Gasteiger partial charge in [-0.2, -0.15) is 0 Å². The quantitative estimate of drug-likeness (QED) is 0.152. The third-order valence-corrected chi connectivity index (χ3v) is 12.9. The van der Waals surface area contributed by atoms with Crippen LogP contribution in [0.3, 0.4) is 0 Å². The zero-order valence-electron chi connectivity index (χ0n) is 36.2. The van der Waals surface area contributed by atoms with E-state index in [9.17, 15) is 9.90 Å². The van der Waals surface area contributed by atoms with Gasteiger partial charge in [0.1, 0.15) is 11.3 Å². The Morgan fingerprint density at radius 2 is 0.750 bits per heavy atom. The number of aromatic amines is 2. The monoisotopic (exact) mass is 875 g/mol. The van der Waals surface area contributed by atoms with Crippen molar-refractivity contribution in [3.63, 3.8) is 0 Å². The first-order valence-corrected chi connectivity index (χ1v) is 22.4. The maximum absolute atomic E-state index is 12.1. The molecule has 8 aromatic carbocycles. The summed E-state index contributed by atoms with van der Waals surface area (Å²) in [4.78, 5) is 43.7. The van der Waals surface area contributed by atoms with E-state index in [4.69, 9.17) is 19.9 Å². The first-order chi connectivity index (χ1) is 33.6. The summed E-state index contributed by atoms with van der Waals surface area (Å²) in [5, 5.41) is 13.6. The summed E-state index contributed by atoms with van der Waals surface area (Å²) in [6, 6.07) is 69.4. The number of fused-ring (bicyclic) bond motifs is 20. The minimum absolute atomic E-state index is 0.193. The number of nitrogens with one attached hydrogen (secondary N) is 2. The summed E-state index contributed by atoms with van der Waals surface area (Å²) in [6.45, 7) is 0. The Morgan fingerprint density at radius 3 is 1.19 bits per heavy atom. The molecule has 9 nitrogen and oxygen atoms in total. The van der Waals surface area contributed by atoms with Crippen molar-refractivity contribution in [2.24, 2.45) is 0 Å². The van der Waals surface area contributed by atoms with Crippen LogP contribution >= 0.6 is 0 Å². The zero-order valence-corrected chi connectivity index (χ0v) is 36.2. The fourth-order valence-corrected chi connectivity index (χ4v) is 9.83. The predicted molar refractivity (Wildman–Crippen MR) is 273 cm³/mol. The molecule has 11 aromatic rings. The highest BCUT2D eigenvalue weighted by Gasteiger charge is 2.27. The molecular formula is C59H37N7O2. The summed E-state index contributed by atoms with van der Waals surface area (Å²) in [6.07, 6.45) is 0. The number of carboxylic acid groups (broad SMARTS) is 1. The van der Waals surface area contributed by atoms with E-state index in [0.29, 0.717) is 28.6 Å². The largest absolute Gasteiger partial charge is 0.478 e. The molecule has 0 spiro atoms. The Hall–Kier alpha value is -9.47. The maximum Gasteiger partial charge on any atom is 0.335 e. The molecule has 13 rings (SSSR count). The van der Waals surface area contributed by atoms with E-state index < -0.39 is 5.97 Å². The lowest BCUT2D eigenvalue weighted by atomic mass is 9.96. The number of benzene rings is 8. The molecule has 320 valence electrons. The summed E-state index contributed by atoms with van der Waals surface area (Å²) in [5.41, 5.74) is 14.8. The molecule has 0 unspecified atom stereocenters. The Labute approximate surface area is 389 Å². The van der Waals surface area contributed by atoms with Crippen molar-refractivity contribution in [2.75, 3.05) is 4.90 Å². The van der Waals surface area contributed by atoms with Gasteiger partial charge >= 0.3 is 5.97 Å². The molecule has 0 radical (unpaired) electrons. The number of rotatable bonds is 6. The van der Waals surface area contributed by atoms with Gasteiger partial charge in [-0.15, -0.1) is 0 Å². The SMILES string of the molecule is O=C(O)c1ccc(-c2c3nc(nc4[nH]c(c(-c5ccc(N(c6ccccc6)c6ccccc6)cc5)c5nc(nc6[nH]c2c2ccccc62)-c2ccccc2-5)c2ccccc42)-c2ccccc2-3)cc1. The molecule has 3 aromatic heterocycles. The van der Waals surface area contributed by atoms with Crippen LogP contribution in [0.2, 0.25) is 0 Å². The van der Waals surface area contributed by atoms with Crippen molar-refractivity contribution in [2.45, 2.75) is 0 Å². The van der Waals surface area contributed by atoms with Gasteiger partial charge in [-0.3, -0.25) is 0 Å². The highest BCUT2D eigenvalue weighted by atomic mass is 16.4. The predicted octanol–water partition coefficient (Wildman–Crippen LogP) is 14.6. The molecule has 0 fully saturated rings. The molecular weight excluding hydrogens is 839 g/mol. The lowest BCUT2D eigenvalue weighted by Gasteiger charge is -2.25. The highest BCUT2D eigenvalue weighted by Crippen LogP contribution is 2.47. The second-order valence-electron chi connectivity index (χ2n) is 16.9. The standard InChI is InChI=1S/C59H37N7O2/c67-59(68)37-29-27-35(28-30-37)49-51-41-19-7-11-23-45(41)55(60-51)64-57-47-25-13-9-21-43(47)53(62-57)50(36-31-33-40(34-32-36)66(38-15-3-1-4-16-38)39-17-5-2-6-18-39)54-44-22-10-14-26-48(44)58(63-54)65-56-46-24-12-8-20-42(46)52(49)61-56/h1-34H,(H,67,68)(H,60,62,64)(H,61,63,65). The average Bonchev–Trinajstić information content (AvgIpc) is 4.15. The van der Waals surface area contributed by atoms with Crippen molar-refractivity contribution in [3.05, 3.63) is 212 Å². The van der Waals surface area contributed by atoms with Crippen LogP contribution < -0.4 is 4.90 Å². The van der Waals surface area contributed by atoms with E-state index in [1.54, 1.807) is 12.1 Å². The second kappa shape index (κ2) is 15.6. The number of hydrogen-bond donors (Lipinski definition) is 3. The van der Waals surface area contributed by atoms with Crippen molar-refractivity contribution in [1.29, 1.82) is 0 Å².